The highest BCUT2D eigenvalue weighted by Crippen LogP contribution is 2.11. The monoisotopic (exact) mass is 233 g/mol. The number of nitrogens with two attached hydrogens (primary N) is 1. The van der Waals surface area contributed by atoms with Gasteiger partial charge in [-0.25, -0.2) is 0 Å². The van der Waals surface area contributed by atoms with Crippen LogP contribution in [0.3, 0.4) is 0 Å². The van der Waals surface area contributed by atoms with E-state index in [-0.39, 0.29) is 12.5 Å². The summed E-state index contributed by atoms with van der Waals surface area (Å²) in [6.07, 6.45) is 4.43. The van der Waals surface area contributed by atoms with E-state index in [1.807, 2.05) is 0 Å². The second kappa shape index (κ2) is 5.08. The van der Waals surface area contributed by atoms with E-state index in [0.717, 1.165) is 0 Å². The lowest BCUT2D eigenvalue weighted by Crippen LogP contribution is -2.25. The topological polar surface area (TPSA) is 106 Å². The van der Waals surface area contributed by atoms with Gasteiger partial charge in [-0.3, -0.25) is 15.6 Å². The summed E-state index contributed by atoms with van der Waals surface area (Å²) in [5.41, 5.74) is 3.96. The molecule has 2 rings (SSSR count). The fourth-order valence-electron chi connectivity index (χ4n) is 1.30. The zero-order chi connectivity index (χ0) is 12.1. The van der Waals surface area contributed by atoms with E-state index in [1.165, 1.54) is 12.5 Å². The molecule has 0 aliphatic carbocycles. The highest BCUT2D eigenvalue weighted by molar-refractivity contribution is 5.99. The van der Waals surface area contributed by atoms with Crippen molar-refractivity contribution in [3.8, 4) is 0 Å². The number of carbonyl (C=O) groups excluding carboxylic acids is 1. The number of rotatable bonds is 4. The Kier molecular flexibility index (Phi) is 3.31. The number of pyridine rings is 1. The molecular formula is C10H11N5O2. The molecule has 0 saturated heterocycles. The molecule has 0 fully saturated rings. The summed E-state index contributed by atoms with van der Waals surface area (Å²) in [6, 6.07) is 3.29. The molecule has 0 atom stereocenters. The number of nitrogens with one attached hydrogen (secondary N) is 2. The van der Waals surface area contributed by atoms with Gasteiger partial charge in [0.15, 0.2) is 0 Å². The molecule has 2 aromatic rings. The van der Waals surface area contributed by atoms with Crippen molar-refractivity contribution in [3.05, 3.63) is 42.0 Å². The van der Waals surface area contributed by atoms with Gasteiger partial charge < -0.3 is 15.3 Å². The fourth-order valence-corrected chi connectivity index (χ4v) is 1.30. The number of anilines is 1. The van der Waals surface area contributed by atoms with Crippen LogP contribution in [0.1, 0.15) is 16.1 Å². The van der Waals surface area contributed by atoms with Crippen LogP contribution in [0.2, 0.25) is 0 Å². The normalized spacial score (nSPS) is 9.94. The van der Waals surface area contributed by atoms with E-state index in [9.17, 15) is 4.79 Å². The van der Waals surface area contributed by atoms with Crippen LogP contribution in [0.5, 0.6) is 0 Å². The molecule has 0 aliphatic rings. The van der Waals surface area contributed by atoms with E-state index in [1.54, 1.807) is 18.3 Å². The van der Waals surface area contributed by atoms with Gasteiger partial charge in [-0.1, -0.05) is 5.16 Å². The Morgan fingerprint density at radius 2 is 2.35 bits per heavy atom. The molecule has 0 spiro atoms. The smallest absolute Gasteiger partial charge is 0.255 e. The highest BCUT2D eigenvalue weighted by Gasteiger charge is 2.10. The minimum atomic E-state index is -0.283. The maximum Gasteiger partial charge on any atom is 0.255 e. The first kappa shape index (κ1) is 11.1. The van der Waals surface area contributed by atoms with Crippen LogP contribution < -0.4 is 16.6 Å². The van der Waals surface area contributed by atoms with E-state index < -0.39 is 0 Å². The summed E-state index contributed by atoms with van der Waals surface area (Å²) >= 11 is 0. The van der Waals surface area contributed by atoms with Crippen molar-refractivity contribution >= 4 is 11.6 Å². The lowest BCUT2D eigenvalue weighted by atomic mass is 10.2. The number of nitrogen functional groups attached to an aromatic ring is 1. The molecular weight excluding hydrogens is 222 g/mol. The lowest BCUT2D eigenvalue weighted by Gasteiger charge is -2.07. The highest BCUT2D eigenvalue weighted by atomic mass is 16.5. The Bertz CT molecular complexity index is 497. The number of carbonyl (C=O) groups is 1. The quantitative estimate of drug-likeness (QED) is 0.517. The van der Waals surface area contributed by atoms with Gasteiger partial charge in [0.2, 0.25) is 0 Å². The van der Waals surface area contributed by atoms with Crippen LogP contribution in [0, 0.1) is 0 Å². The predicted octanol–water partition coefficient (Wildman–Crippen LogP) is 0.285. The molecule has 88 valence electrons. The molecule has 4 N–H and O–H groups in total. The van der Waals surface area contributed by atoms with Gasteiger partial charge >= 0.3 is 0 Å². The number of nitrogens with zero attached hydrogens (tertiary/aromatic N) is 2. The van der Waals surface area contributed by atoms with Gasteiger partial charge in [-0.05, 0) is 6.07 Å². The van der Waals surface area contributed by atoms with Crippen molar-refractivity contribution in [2.24, 2.45) is 5.84 Å². The van der Waals surface area contributed by atoms with Gasteiger partial charge in [0.05, 0.1) is 17.8 Å². The number of hydrogen-bond acceptors (Lipinski definition) is 6. The van der Waals surface area contributed by atoms with Gasteiger partial charge in [0, 0.05) is 18.5 Å². The number of amides is 1. The first-order valence-corrected chi connectivity index (χ1v) is 4.89. The van der Waals surface area contributed by atoms with Gasteiger partial charge in [0.1, 0.15) is 12.0 Å². The van der Waals surface area contributed by atoms with Crippen molar-refractivity contribution in [3.63, 3.8) is 0 Å². The van der Waals surface area contributed by atoms with E-state index >= 15 is 0 Å². The summed E-state index contributed by atoms with van der Waals surface area (Å²) < 4.78 is 4.65. The van der Waals surface area contributed by atoms with Gasteiger partial charge in [0.25, 0.3) is 5.91 Å². The van der Waals surface area contributed by atoms with Crippen molar-refractivity contribution in [2.45, 2.75) is 6.54 Å². The average Bonchev–Trinajstić information content (AvgIpc) is 2.89. The lowest BCUT2D eigenvalue weighted by molar-refractivity contribution is 0.0950. The van der Waals surface area contributed by atoms with E-state index in [0.29, 0.717) is 16.9 Å². The molecule has 0 aliphatic heterocycles. The van der Waals surface area contributed by atoms with Crippen LogP contribution in [-0.4, -0.2) is 16.0 Å². The SMILES string of the molecule is NNc1ccncc1C(=O)NCc1ccon1. The Morgan fingerprint density at radius 3 is 3.06 bits per heavy atom. The average molecular weight is 233 g/mol. The first-order chi connectivity index (χ1) is 8.31. The zero-order valence-corrected chi connectivity index (χ0v) is 8.88. The second-order valence-electron chi connectivity index (χ2n) is 3.24. The summed E-state index contributed by atoms with van der Waals surface area (Å²) in [7, 11) is 0. The van der Waals surface area contributed by atoms with Crippen LogP contribution in [-0.2, 0) is 6.54 Å². The Hall–Kier alpha value is -2.41. The molecule has 0 unspecified atom stereocenters. The largest absolute Gasteiger partial charge is 0.364 e. The van der Waals surface area contributed by atoms with Gasteiger partial charge in [-0.2, -0.15) is 0 Å². The first-order valence-electron chi connectivity index (χ1n) is 4.89. The van der Waals surface area contributed by atoms with Crippen LogP contribution in [0.15, 0.2) is 35.3 Å². The Morgan fingerprint density at radius 1 is 1.47 bits per heavy atom. The molecule has 2 heterocycles. The summed E-state index contributed by atoms with van der Waals surface area (Å²) in [5, 5.41) is 6.36. The van der Waals surface area contributed by atoms with E-state index in [4.69, 9.17) is 5.84 Å². The number of hydrazine groups is 1. The second-order valence-corrected chi connectivity index (χ2v) is 3.24. The molecule has 2 aromatic heterocycles. The summed E-state index contributed by atoms with van der Waals surface area (Å²) in [5.74, 6) is 5.01. The third-order valence-corrected chi connectivity index (χ3v) is 2.14. The number of aromatic nitrogens is 2. The maximum atomic E-state index is 11.8. The van der Waals surface area contributed by atoms with Gasteiger partial charge in [-0.15, -0.1) is 0 Å². The molecule has 0 bridgehead atoms. The summed E-state index contributed by atoms with van der Waals surface area (Å²) in [6.45, 7) is 0.286. The maximum absolute atomic E-state index is 11.8. The third kappa shape index (κ3) is 2.58. The molecule has 0 radical (unpaired) electrons. The Balaban J connectivity index is 2.04. The molecule has 7 nitrogen and oxygen atoms in total. The number of hydrogen-bond donors (Lipinski definition) is 3. The Labute approximate surface area is 97.0 Å². The molecule has 1 amide bonds. The zero-order valence-electron chi connectivity index (χ0n) is 8.88. The van der Waals surface area contributed by atoms with Crippen LogP contribution in [0.4, 0.5) is 5.69 Å². The van der Waals surface area contributed by atoms with Crippen LogP contribution >= 0.6 is 0 Å². The molecule has 7 heteroatoms. The van der Waals surface area contributed by atoms with E-state index in [2.05, 4.69) is 25.4 Å². The van der Waals surface area contributed by atoms with Crippen molar-refractivity contribution in [1.29, 1.82) is 0 Å². The minimum absolute atomic E-state index is 0.283. The molecule has 0 saturated carbocycles. The summed E-state index contributed by atoms with van der Waals surface area (Å²) in [4.78, 5) is 15.7. The predicted molar refractivity (Wildman–Crippen MR) is 59.7 cm³/mol. The van der Waals surface area contributed by atoms with Crippen LogP contribution in [0.25, 0.3) is 0 Å². The third-order valence-electron chi connectivity index (χ3n) is 2.14. The fraction of sp³-hybridized carbons (Fsp3) is 0.100. The minimum Gasteiger partial charge on any atom is -0.364 e. The van der Waals surface area contributed by atoms with Crippen molar-refractivity contribution in [1.82, 2.24) is 15.5 Å². The van der Waals surface area contributed by atoms with Crippen molar-refractivity contribution in [2.75, 3.05) is 5.43 Å². The molecule has 0 aromatic carbocycles. The standard InChI is InChI=1S/C10H11N5O2/c11-14-9-1-3-12-6-8(9)10(16)13-5-7-2-4-17-15-7/h1-4,6H,5,11H2,(H,12,14)(H,13,16). The van der Waals surface area contributed by atoms with Crippen molar-refractivity contribution < 1.29 is 9.32 Å². The molecule has 17 heavy (non-hydrogen) atoms.